The molecule has 2 heterocycles. The SMILES string of the molecule is COc1cc(C=CC(=O)Nc2cnc3c(c2)c(C)nn3C)ccc1OS(=O)(=O)c1ccc(C)cc1. The van der Waals surface area contributed by atoms with Crippen molar-refractivity contribution in [3.8, 4) is 11.5 Å². The summed E-state index contributed by atoms with van der Waals surface area (Å²) < 4.78 is 37.5. The van der Waals surface area contributed by atoms with Crippen LogP contribution in [0.15, 0.2) is 65.7 Å². The van der Waals surface area contributed by atoms with Gasteiger partial charge in [0.05, 0.1) is 24.7 Å². The Labute approximate surface area is 203 Å². The minimum absolute atomic E-state index is 0.0416. The van der Waals surface area contributed by atoms with Crippen molar-refractivity contribution in [2.45, 2.75) is 18.7 Å². The molecule has 0 aliphatic carbocycles. The van der Waals surface area contributed by atoms with E-state index in [1.54, 1.807) is 41.2 Å². The molecule has 0 unspecified atom stereocenters. The first-order chi connectivity index (χ1) is 16.7. The fourth-order valence-corrected chi connectivity index (χ4v) is 4.40. The van der Waals surface area contributed by atoms with E-state index in [1.165, 1.54) is 31.4 Å². The summed E-state index contributed by atoms with van der Waals surface area (Å²) in [5.41, 5.74) is 3.65. The first-order valence-corrected chi connectivity index (χ1v) is 12.0. The van der Waals surface area contributed by atoms with Crippen molar-refractivity contribution in [3.63, 3.8) is 0 Å². The lowest BCUT2D eigenvalue weighted by molar-refractivity contribution is -0.111. The van der Waals surface area contributed by atoms with E-state index >= 15 is 0 Å². The average molecular weight is 493 g/mol. The maximum absolute atomic E-state index is 12.6. The zero-order valence-electron chi connectivity index (χ0n) is 19.6. The molecule has 4 aromatic rings. The van der Waals surface area contributed by atoms with E-state index in [-0.39, 0.29) is 22.3 Å². The summed E-state index contributed by atoms with van der Waals surface area (Å²) >= 11 is 0. The number of ether oxygens (including phenoxy) is 1. The number of aromatic nitrogens is 3. The number of rotatable bonds is 7. The molecule has 0 radical (unpaired) electrons. The summed E-state index contributed by atoms with van der Waals surface area (Å²) in [5, 5.41) is 7.95. The van der Waals surface area contributed by atoms with Crippen LogP contribution < -0.4 is 14.2 Å². The van der Waals surface area contributed by atoms with Gasteiger partial charge in [0.2, 0.25) is 5.91 Å². The molecule has 1 N–H and O–H groups in total. The maximum atomic E-state index is 12.6. The first-order valence-electron chi connectivity index (χ1n) is 10.6. The number of anilines is 1. The minimum Gasteiger partial charge on any atom is -0.493 e. The van der Waals surface area contributed by atoms with Gasteiger partial charge in [0.1, 0.15) is 4.90 Å². The third kappa shape index (κ3) is 5.33. The highest BCUT2D eigenvalue weighted by molar-refractivity contribution is 7.87. The molecule has 0 fully saturated rings. The lowest BCUT2D eigenvalue weighted by Crippen LogP contribution is -2.10. The quantitative estimate of drug-likeness (QED) is 0.306. The molecule has 2 aromatic heterocycles. The number of hydrogen-bond donors (Lipinski definition) is 1. The van der Waals surface area contributed by atoms with Crippen LogP contribution in [0.2, 0.25) is 0 Å². The van der Waals surface area contributed by atoms with Crippen LogP contribution in [0.4, 0.5) is 5.69 Å². The molecular weight excluding hydrogens is 468 g/mol. The topological polar surface area (TPSA) is 112 Å². The molecule has 0 saturated carbocycles. The van der Waals surface area contributed by atoms with Crippen LogP contribution in [0, 0.1) is 13.8 Å². The van der Waals surface area contributed by atoms with Gasteiger partial charge in [-0.2, -0.15) is 13.5 Å². The van der Waals surface area contributed by atoms with E-state index in [0.717, 1.165) is 22.3 Å². The van der Waals surface area contributed by atoms with E-state index in [9.17, 15) is 13.2 Å². The predicted molar refractivity (Wildman–Crippen MR) is 133 cm³/mol. The van der Waals surface area contributed by atoms with Gasteiger partial charge in [-0.25, -0.2) is 4.98 Å². The highest BCUT2D eigenvalue weighted by Gasteiger charge is 2.19. The van der Waals surface area contributed by atoms with Crippen molar-refractivity contribution >= 4 is 38.8 Å². The highest BCUT2D eigenvalue weighted by Crippen LogP contribution is 2.31. The number of hydrogen-bond acceptors (Lipinski definition) is 7. The summed E-state index contributed by atoms with van der Waals surface area (Å²) in [6.07, 6.45) is 4.51. The standard InChI is InChI=1S/C25H24N4O5S/c1-16-5-9-20(10-6-16)35(31,32)34-22-11-7-18(13-23(22)33-4)8-12-24(30)27-19-14-21-17(2)28-29(3)25(21)26-15-19/h5-15H,1-4H3,(H,27,30). The predicted octanol–water partition coefficient (Wildman–Crippen LogP) is 4.01. The largest absolute Gasteiger partial charge is 0.493 e. The third-order valence-corrected chi connectivity index (χ3v) is 6.50. The molecule has 10 heteroatoms. The van der Waals surface area contributed by atoms with E-state index in [4.69, 9.17) is 8.92 Å². The van der Waals surface area contributed by atoms with Gasteiger partial charge in [0, 0.05) is 18.5 Å². The Bertz CT molecular complexity index is 1540. The second-order valence-electron chi connectivity index (χ2n) is 7.89. The van der Waals surface area contributed by atoms with Gasteiger partial charge < -0.3 is 14.2 Å². The molecule has 0 spiro atoms. The zero-order valence-corrected chi connectivity index (χ0v) is 20.5. The molecule has 9 nitrogen and oxygen atoms in total. The number of nitrogens with zero attached hydrogens (tertiary/aromatic N) is 3. The molecule has 4 rings (SSSR count). The lowest BCUT2D eigenvalue weighted by Gasteiger charge is -2.11. The Hall–Kier alpha value is -4.18. The fourth-order valence-electron chi connectivity index (χ4n) is 3.46. The highest BCUT2D eigenvalue weighted by atomic mass is 32.2. The van der Waals surface area contributed by atoms with E-state index < -0.39 is 10.1 Å². The molecule has 0 aliphatic heterocycles. The summed E-state index contributed by atoms with van der Waals surface area (Å²) in [4.78, 5) is 16.8. The molecule has 0 aliphatic rings. The fraction of sp³-hybridized carbons (Fsp3) is 0.160. The number of aryl methyl sites for hydroxylation is 3. The molecule has 180 valence electrons. The van der Waals surface area contributed by atoms with Crippen molar-refractivity contribution in [1.82, 2.24) is 14.8 Å². The normalized spacial score (nSPS) is 11.7. The van der Waals surface area contributed by atoms with Crippen LogP contribution in [-0.2, 0) is 22.0 Å². The van der Waals surface area contributed by atoms with Gasteiger partial charge in [-0.3, -0.25) is 9.48 Å². The van der Waals surface area contributed by atoms with Crippen molar-refractivity contribution in [3.05, 3.63) is 77.6 Å². The smallest absolute Gasteiger partial charge is 0.339 e. The molecule has 35 heavy (non-hydrogen) atoms. The van der Waals surface area contributed by atoms with Crippen LogP contribution >= 0.6 is 0 Å². The summed E-state index contributed by atoms with van der Waals surface area (Å²) in [6.45, 7) is 3.74. The number of amides is 1. The van der Waals surface area contributed by atoms with Crippen LogP contribution in [0.5, 0.6) is 11.5 Å². The number of carbonyl (C=O) groups excluding carboxylic acids is 1. The second kappa shape index (κ2) is 9.59. The summed E-state index contributed by atoms with van der Waals surface area (Å²) in [7, 11) is -0.809. The molecule has 2 aromatic carbocycles. The van der Waals surface area contributed by atoms with Crippen molar-refractivity contribution in [2.24, 2.45) is 7.05 Å². The van der Waals surface area contributed by atoms with Crippen LogP contribution in [-0.4, -0.2) is 36.2 Å². The zero-order chi connectivity index (χ0) is 25.2. The summed E-state index contributed by atoms with van der Waals surface area (Å²) in [5.74, 6) is -0.0974. The number of carbonyl (C=O) groups is 1. The number of methoxy groups -OCH3 is 1. The Morgan fingerprint density at radius 1 is 1.06 bits per heavy atom. The minimum atomic E-state index is -4.03. The number of nitrogens with one attached hydrogen (secondary N) is 1. The Morgan fingerprint density at radius 3 is 2.51 bits per heavy atom. The molecular formula is C25H24N4O5S. The Balaban J connectivity index is 1.47. The third-order valence-electron chi connectivity index (χ3n) is 5.25. The van der Waals surface area contributed by atoms with Crippen LogP contribution in [0.3, 0.4) is 0 Å². The van der Waals surface area contributed by atoms with Gasteiger partial charge in [0.15, 0.2) is 17.1 Å². The molecule has 0 bridgehead atoms. The molecule has 0 saturated heterocycles. The van der Waals surface area contributed by atoms with Gasteiger partial charge in [0.25, 0.3) is 0 Å². The van der Waals surface area contributed by atoms with E-state index in [1.807, 2.05) is 27.0 Å². The van der Waals surface area contributed by atoms with Crippen molar-refractivity contribution in [2.75, 3.05) is 12.4 Å². The van der Waals surface area contributed by atoms with Gasteiger partial charge in [-0.15, -0.1) is 0 Å². The number of fused-ring (bicyclic) bond motifs is 1. The van der Waals surface area contributed by atoms with Gasteiger partial charge in [-0.05, 0) is 55.8 Å². The Kier molecular flexibility index (Phi) is 6.57. The van der Waals surface area contributed by atoms with E-state index in [0.29, 0.717) is 11.3 Å². The van der Waals surface area contributed by atoms with Crippen molar-refractivity contribution < 1.29 is 22.1 Å². The number of pyridine rings is 1. The van der Waals surface area contributed by atoms with Gasteiger partial charge >= 0.3 is 10.1 Å². The summed E-state index contributed by atoms with van der Waals surface area (Å²) in [6, 6.07) is 12.9. The first kappa shape index (κ1) is 24.0. The van der Waals surface area contributed by atoms with E-state index in [2.05, 4.69) is 15.4 Å². The second-order valence-corrected chi connectivity index (χ2v) is 9.43. The van der Waals surface area contributed by atoms with Crippen LogP contribution in [0.1, 0.15) is 16.8 Å². The molecule has 1 amide bonds. The van der Waals surface area contributed by atoms with Crippen molar-refractivity contribution in [1.29, 1.82) is 0 Å². The Morgan fingerprint density at radius 2 is 1.80 bits per heavy atom. The lowest BCUT2D eigenvalue weighted by atomic mass is 10.2. The molecule has 0 atom stereocenters. The monoisotopic (exact) mass is 492 g/mol. The average Bonchev–Trinajstić information content (AvgIpc) is 3.11. The maximum Gasteiger partial charge on any atom is 0.339 e. The van der Waals surface area contributed by atoms with Crippen LogP contribution in [0.25, 0.3) is 17.1 Å². The van der Waals surface area contributed by atoms with Gasteiger partial charge in [-0.1, -0.05) is 23.8 Å². The number of benzene rings is 2.